The minimum Gasteiger partial charge on any atom is -0.308 e. The molecule has 0 aromatic heterocycles. The fourth-order valence-electron chi connectivity index (χ4n) is 2.48. The minimum atomic E-state index is 0.487. The summed E-state index contributed by atoms with van der Waals surface area (Å²) in [6, 6.07) is 12.7. The van der Waals surface area contributed by atoms with Crippen molar-refractivity contribution in [3.8, 4) is 0 Å². The van der Waals surface area contributed by atoms with Gasteiger partial charge in [0.15, 0.2) is 0 Å². The Balaban J connectivity index is 1.83. The van der Waals surface area contributed by atoms with Gasteiger partial charge in [0.05, 0.1) is 0 Å². The van der Waals surface area contributed by atoms with Crippen LogP contribution in [0.25, 0.3) is 0 Å². The lowest BCUT2D eigenvalue weighted by Crippen LogP contribution is -2.40. The largest absolute Gasteiger partial charge is 0.308 e. The Morgan fingerprint density at radius 1 is 1.28 bits per heavy atom. The molecule has 2 unspecified atom stereocenters. The topological polar surface area (TPSA) is 15.3 Å². The molecule has 0 radical (unpaired) electrons. The molecule has 100 valence electrons. The van der Waals surface area contributed by atoms with E-state index in [1.54, 1.807) is 0 Å². The predicted octanol–water partition coefficient (Wildman–Crippen LogP) is 3.21. The smallest absolute Gasteiger partial charge is 0.0318 e. The van der Waals surface area contributed by atoms with E-state index in [4.69, 9.17) is 0 Å². The van der Waals surface area contributed by atoms with Crippen molar-refractivity contribution in [1.82, 2.24) is 10.2 Å². The Kier molecular flexibility index (Phi) is 4.79. The molecule has 2 heteroatoms. The van der Waals surface area contributed by atoms with Crippen LogP contribution < -0.4 is 5.32 Å². The second-order valence-electron chi connectivity index (χ2n) is 5.53. The van der Waals surface area contributed by atoms with Crippen LogP contribution in [0, 0.1) is 0 Å². The van der Waals surface area contributed by atoms with Gasteiger partial charge in [-0.05, 0) is 38.8 Å². The summed E-state index contributed by atoms with van der Waals surface area (Å²) in [4.78, 5) is 2.52. The van der Waals surface area contributed by atoms with E-state index in [9.17, 15) is 0 Å². The van der Waals surface area contributed by atoms with E-state index in [-0.39, 0.29) is 0 Å². The van der Waals surface area contributed by atoms with Crippen molar-refractivity contribution in [2.24, 2.45) is 0 Å². The summed E-state index contributed by atoms with van der Waals surface area (Å²) in [7, 11) is 2.26. The third-order valence-electron chi connectivity index (χ3n) is 4.09. The highest BCUT2D eigenvalue weighted by atomic mass is 15.2. The first-order chi connectivity index (χ1) is 8.72. The summed E-state index contributed by atoms with van der Waals surface area (Å²) in [5, 5.41) is 3.71. The molecular formula is C16H26N2. The summed E-state index contributed by atoms with van der Waals surface area (Å²) in [5.74, 6) is 0. The fraction of sp³-hybridized carbons (Fsp3) is 0.625. The van der Waals surface area contributed by atoms with E-state index in [1.807, 2.05) is 0 Å². The third kappa shape index (κ3) is 3.56. The normalized spacial score (nSPS) is 18.9. The van der Waals surface area contributed by atoms with Gasteiger partial charge in [-0.2, -0.15) is 0 Å². The molecule has 1 aliphatic rings. The lowest BCUT2D eigenvalue weighted by Gasteiger charge is -2.27. The van der Waals surface area contributed by atoms with Gasteiger partial charge in [0.25, 0.3) is 0 Å². The van der Waals surface area contributed by atoms with Crippen LogP contribution in [-0.2, 0) is 0 Å². The molecular weight excluding hydrogens is 220 g/mol. The number of rotatable bonds is 7. The van der Waals surface area contributed by atoms with Crippen LogP contribution in [0.15, 0.2) is 30.3 Å². The number of likely N-dealkylation sites (N-methyl/N-ethyl adjacent to an activating group) is 1. The average Bonchev–Trinajstić information content (AvgIpc) is 3.24. The van der Waals surface area contributed by atoms with Gasteiger partial charge in [-0.25, -0.2) is 0 Å². The quantitative estimate of drug-likeness (QED) is 0.794. The van der Waals surface area contributed by atoms with Gasteiger partial charge in [-0.15, -0.1) is 0 Å². The molecule has 0 heterocycles. The summed E-state index contributed by atoms with van der Waals surface area (Å²) < 4.78 is 0. The van der Waals surface area contributed by atoms with Crippen molar-refractivity contribution in [3.63, 3.8) is 0 Å². The molecule has 0 amide bonds. The van der Waals surface area contributed by atoms with Crippen molar-refractivity contribution >= 4 is 0 Å². The molecule has 1 saturated carbocycles. The molecule has 18 heavy (non-hydrogen) atoms. The molecule has 0 spiro atoms. The van der Waals surface area contributed by atoms with Crippen LogP contribution in [0.3, 0.4) is 0 Å². The van der Waals surface area contributed by atoms with E-state index in [0.717, 1.165) is 19.0 Å². The van der Waals surface area contributed by atoms with Crippen LogP contribution >= 0.6 is 0 Å². The second kappa shape index (κ2) is 6.35. The predicted molar refractivity (Wildman–Crippen MR) is 77.7 cm³/mol. The Morgan fingerprint density at radius 3 is 2.50 bits per heavy atom. The molecule has 1 fully saturated rings. The molecule has 1 N–H and O–H groups in total. The Morgan fingerprint density at radius 2 is 1.94 bits per heavy atom. The molecule has 2 rings (SSSR count). The fourth-order valence-corrected chi connectivity index (χ4v) is 2.48. The van der Waals surface area contributed by atoms with E-state index >= 15 is 0 Å². The van der Waals surface area contributed by atoms with Crippen molar-refractivity contribution < 1.29 is 0 Å². The number of nitrogens with one attached hydrogen (secondary N) is 1. The van der Waals surface area contributed by atoms with Crippen LogP contribution in [0.2, 0.25) is 0 Å². The van der Waals surface area contributed by atoms with E-state index in [1.165, 1.54) is 18.4 Å². The first kappa shape index (κ1) is 13.6. The monoisotopic (exact) mass is 246 g/mol. The van der Waals surface area contributed by atoms with Gasteiger partial charge < -0.3 is 5.32 Å². The van der Waals surface area contributed by atoms with Crippen molar-refractivity contribution in [3.05, 3.63) is 35.9 Å². The van der Waals surface area contributed by atoms with E-state index < -0.39 is 0 Å². The van der Waals surface area contributed by atoms with Gasteiger partial charge >= 0.3 is 0 Å². The number of benzene rings is 1. The molecule has 2 atom stereocenters. The van der Waals surface area contributed by atoms with Crippen molar-refractivity contribution in [2.75, 3.05) is 13.6 Å². The Labute approximate surface area is 111 Å². The summed E-state index contributed by atoms with van der Waals surface area (Å²) >= 11 is 0. The molecule has 2 nitrogen and oxygen atoms in total. The van der Waals surface area contributed by atoms with E-state index in [0.29, 0.717) is 12.1 Å². The van der Waals surface area contributed by atoms with Crippen LogP contribution in [0.4, 0.5) is 0 Å². The molecule has 0 saturated heterocycles. The first-order valence-electron chi connectivity index (χ1n) is 7.22. The Hall–Kier alpha value is -0.860. The zero-order valence-electron chi connectivity index (χ0n) is 11.9. The average molecular weight is 246 g/mol. The first-order valence-corrected chi connectivity index (χ1v) is 7.22. The van der Waals surface area contributed by atoms with Crippen LogP contribution in [0.5, 0.6) is 0 Å². The van der Waals surface area contributed by atoms with Gasteiger partial charge in [0.2, 0.25) is 0 Å². The number of hydrogen-bond donors (Lipinski definition) is 1. The minimum absolute atomic E-state index is 0.487. The van der Waals surface area contributed by atoms with Crippen molar-refractivity contribution in [2.45, 2.75) is 51.2 Å². The summed E-state index contributed by atoms with van der Waals surface area (Å²) in [5.41, 5.74) is 1.40. The number of hydrogen-bond acceptors (Lipinski definition) is 2. The molecule has 0 aliphatic heterocycles. The highest BCUT2D eigenvalue weighted by Gasteiger charge is 2.29. The maximum atomic E-state index is 3.71. The SMILES string of the molecule is CCC(NCC(C)N(C)C1CC1)c1ccccc1. The highest BCUT2D eigenvalue weighted by Crippen LogP contribution is 2.27. The lowest BCUT2D eigenvalue weighted by atomic mass is 10.0. The maximum absolute atomic E-state index is 3.71. The van der Waals surface area contributed by atoms with Crippen molar-refractivity contribution in [1.29, 1.82) is 0 Å². The van der Waals surface area contributed by atoms with Gasteiger partial charge in [0.1, 0.15) is 0 Å². The van der Waals surface area contributed by atoms with Gasteiger partial charge in [-0.1, -0.05) is 37.3 Å². The standard InChI is InChI=1S/C16H26N2/c1-4-16(14-8-6-5-7-9-14)17-12-13(2)18(3)15-10-11-15/h5-9,13,15-17H,4,10-12H2,1-3H3. The lowest BCUT2D eigenvalue weighted by molar-refractivity contribution is 0.235. The molecule has 1 aromatic carbocycles. The Bertz CT molecular complexity index is 345. The van der Waals surface area contributed by atoms with Gasteiger partial charge in [0, 0.05) is 24.7 Å². The summed E-state index contributed by atoms with van der Waals surface area (Å²) in [6.45, 7) is 5.64. The van der Waals surface area contributed by atoms with Crippen LogP contribution in [-0.4, -0.2) is 30.6 Å². The second-order valence-corrected chi connectivity index (χ2v) is 5.53. The maximum Gasteiger partial charge on any atom is 0.0318 e. The van der Waals surface area contributed by atoms with E-state index in [2.05, 4.69) is 61.4 Å². The molecule has 1 aliphatic carbocycles. The van der Waals surface area contributed by atoms with Crippen LogP contribution in [0.1, 0.15) is 44.7 Å². The molecule has 1 aromatic rings. The highest BCUT2D eigenvalue weighted by molar-refractivity contribution is 5.18. The number of nitrogens with zero attached hydrogens (tertiary/aromatic N) is 1. The van der Waals surface area contributed by atoms with Gasteiger partial charge in [-0.3, -0.25) is 4.90 Å². The third-order valence-corrected chi connectivity index (χ3v) is 4.09. The molecule has 0 bridgehead atoms. The zero-order chi connectivity index (χ0) is 13.0. The zero-order valence-corrected chi connectivity index (χ0v) is 11.9. The summed E-state index contributed by atoms with van der Waals surface area (Å²) in [6.07, 6.45) is 3.91.